The summed E-state index contributed by atoms with van der Waals surface area (Å²) in [6, 6.07) is 8.05. The summed E-state index contributed by atoms with van der Waals surface area (Å²) in [5, 5.41) is 0.769. The van der Waals surface area contributed by atoms with E-state index in [1.165, 1.54) is 12.1 Å². The Bertz CT molecular complexity index is 1430. The quantitative estimate of drug-likeness (QED) is 0.496. The first-order valence-electron chi connectivity index (χ1n) is 11.2. The summed E-state index contributed by atoms with van der Waals surface area (Å²) in [7, 11) is 0. The predicted octanol–water partition coefficient (Wildman–Crippen LogP) is 4.73. The second-order valence-corrected chi connectivity index (χ2v) is 11.7. The van der Waals surface area contributed by atoms with Gasteiger partial charge in [-0.2, -0.15) is 13.2 Å². The molecule has 3 aromatic rings. The summed E-state index contributed by atoms with van der Waals surface area (Å²) in [6.07, 6.45) is -2.30. The highest BCUT2D eigenvalue weighted by atomic mass is 32.2. The number of aromatic amines is 1. The molecule has 11 heteroatoms. The first kappa shape index (κ1) is 21.5. The van der Waals surface area contributed by atoms with Gasteiger partial charge in [-0.25, -0.2) is 0 Å². The molecule has 1 aromatic carbocycles. The van der Waals surface area contributed by atoms with E-state index in [4.69, 9.17) is 4.42 Å². The van der Waals surface area contributed by atoms with Gasteiger partial charge in [0.1, 0.15) is 5.76 Å². The maximum absolute atomic E-state index is 13.6. The van der Waals surface area contributed by atoms with Crippen LogP contribution < -0.4 is 9.77 Å². The van der Waals surface area contributed by atoms with Gasteiger partial charge in [0.15, 0.2) is 0 Å². The maximum atomic E-state index is 13.6. The fourth-order valence-electron chi connectivity index (χ4n) is 6.88. The lowest BCUT2D eigenvalue weighted by Crippen LogP contribution is -2.42. The molecule has 2 amide bonds. The van der Waals surface area contributed by atoms with Crippen LogP contribution >= 0.6 is 23.1 Å². The molecule has 4 heterocycles. The van der Waals surface area contributed by atoms with Gasteiger partial charge in [0.05, 0.1) is 45.2 Å². The molecule has 180 valence electrons. The highest BCUT2D eigenvalue weighted by Crippen LogP contribution is 2.68. The molecule has 6 nitrogen and oxygen atoms in total. The number of benzene rings is 1. The van der Waals surface area contributed by atoms with Crippen molar-refractivity contribution >= 4 is 40.6 Å². The van der Waals surface area contributed by atoms with E-state index in [2.05, 4.69) is 4.98 Å². The Morgan fingerprint density at radius 1 is 1.03 bits per heavy atom. The number of H-pyrrole nitrogens is 1. The topological polar surface area (TPSA) is 83.4 Å². The maximum Gasteiger partial charge on any atom is 0.416 e. The number of carbonyl (C=O) groups is 2. The summed E-state index contributed by atoms with van der Waals surface area (Å²) in [5.74, 6) is -1.76. The zero-order valence-corrected chi connectivity index (χ0v) is 19.5. The summed E-state index contributed by atoms with van der Waals surface area (Å²) in [5.41, 5.74) is -0.934. The van der Waals surface area contributed by atoms with Gasteiger partial charge >= 0.3 is 11.0 Å². The fourth-order valence-corrected chi connectivity index (χ4v) is 9.75. The Morgan fingerprint density at radius 3 is 2.51 bits per heavy atom. The summed E-state index contributed by atoms with van der Waals surface area (Å²) in [6.45, 7) is 0. The van der Waals surface area contributed by atoms with Crippen molar-refractivity contribution in [2.75, 3.05) is 4.90 Å². The minimum absolute atomic E-state index is 0.00712. The van der Waals surface area contributed by atoms with Crippen LogP contribution in [0.25, 0.3) is 0 Å². The molecule has 2 bridgehead atoms. The van der Waals surface area contributed by atoms with Crippen LogP contribution in [-0.4, -0.2) is 22.0 Å². The van der Waals surface area contributed by atoms with Crippen molar-refractivity contribution in [1.82, 2.24) is 4.98 Å². The van der Waals surface area contributed by atoms with E-state index < -0.39 is 35.4 Å². The van der Waals surface area contributed by atoms with E-state index in [9.17, 15) is 27.6 Å². The second-order valence-electron chi connectivity index (χ2n) is 9.54. The number of furan rings is 1. The fraction of sp³-hybridized carbons (Fsp3) is 0.375. The molecule has 7 atom stereocenters. The molecule has 2 aliphatic heterocycles. The third-order valence-corrected chi connectivity index (χ3v) is 10.6. The van der Waals surface area contributed by atoms with E-state index >= 15 is 0 Å². The van der Waals surface area contributed by atoms with Crippen LogP contribution in [0.5, 0.6) is 0 Å². The van der Waals surface area contributed by atoms with Gasteiger partial charge in [-0.15, -0.1) is 11.8 Å². The molecule has 35 heavy (non-hydrogen) atoms. The number of amides is 2. The first-order valence-corrected chi connectivity index (χ1v) is 12.9. The molecule has 3 fully saturated rings. The predicted molar refractivity (Wildman–Crippen MR) is 121 cm³/mol. The van der Waals surface area contributed by atoms with Crippen LogP contribution in [0.15, 0.2) is 56.9 Å². The van der Waals surface area contributed by atoms with Crippen molar-refractivity contribution in [3.8, 4) is 0 Å². The number of hydrogen-bond donors (Lipinski definition) is 1. The van der Waals surface area contributed by atoms with E-state index in [0.717, 1.165) is 38.3 Å². The highest BCUT2D eigenvalue weighted by molar-refractivity contribution is 8.00. The molecule has 1 N–H and O–H groups in total. The van der Waals surface area contributed by atoms with Gasteiger partial charge < -0.3 is 9.40 Å². The van der Waals surface area contributed by atoms with Crippen molar-refractivity contribution < 1.29 is 27.2 Å². The van der Waals surface area contributed by atoms with Gasteiger partial charge in [-0.1, -0.05) is 17.4 Å². The molecule has 2 aliphatic carbocycles. The molecule has 5 unspecified atom stereocenters. The Balaban J connectivity index is 1.30. The number of nitrogens with zero attached hydrogens (tertiary/aromatic N) is 1. The first-order chi connectivity index (χ1) is 16.7. The zero-order valence-electron chi connectivity index (χ0n) is 17.8. The average molecular weight is 519 g/mol. The molecule has 2 saturated carbocycles. The van der Waals surface area contributed by atoms with Gasteiger partial charge in [0.25, 0.3) is 0 Å². The van der Waals surface area contributed by atoms with E-state index in [0.29, 0.717) is 12.2 Å². The number of thiazole rings is 1. The normalized spacial score (nSPS) is 33.2. The molecule has 0 spiro atoms. The van der Waals surface area contributed by atoms with Crippen molar-refractivity contribution in [2.45, 2.75) is 28.8 Å². The van der Waals surface area contributed by atoms with Crippen molar-refractivity contribution in [3.63, 3.8) is 0 Å². The number of nitrogens with one attached hydrogen (secondary N) is 1. The van der Waals surface area contributed by atoms with Gasteiger partial charge in [-0.05, 0) is 54.5 Å². The number of imide groups is 1. The third-order valence-electron chi connectivity index (χ3n) is 8.01. The van der Waals surface area contributed by atoms with E-state index in [1.807, 2.05) is 6.07 Å². The molecule has 0 radical (unpaired) electrons. The SMILES string of the molecule is O=C1C2C(C(=O)N1c1cccc(C(F)(F)F)c1)[C@@H]1C[C@H]2C2Sc3[nH]c(=O)sc3C(c3ccco3)C21. The van der Waals surface area contributed by atoms with Crippen molar-refractivity contribution in [1.29, 1.82) is 0 Å². The summed E-state index contributed by atoms with van der Waals surface area (Å²) >= 11 is 2.69. The van der Waals surface area contributed by atoms with Gasteiger partial charge in [-0.3, -0.25) is 19.3 Å². The monoisotopic (exact) mass is 518 g/mol. The van der Waals surface area contributed by atoms with Crippen LogP contribution in [0, 0.1) is 29.6 Å². The summed E-state index contributed by atoms with van der Waals surface area (Å²) in [4.78, 5) is 43.9. The Hall–Kier alpha value is -2.79. The molecular weight excluding hydrogens is 501 g/mol. The van der Waals surface area contributed by atoms with Crippen LogP contribution in [0.1, 0.15) is 28.5 Å². The standard InChI is InChI=1S/C24H17F3N2O4S2/c25-24(26,27)9-3-1-4-10(7-9)29-21(30)15-11-8-12(16(15)22(29)31)18-14(11)17(13-5-2-6-33-13)19-20(34-18)28-23(32)35-19/h1-7,11-12,14-18H,8H2,(H,28,32)/t11-,12-,14?,15?,16?,17?,18?/m1/s1. The van der Waals surface area contributed by atoms with Crippen LogP contribution in [0.3, 0.4) is 0 Å². The second kappa shape index (κ2) is 7.13. The molecular formula is C24H17F3N2O4S2. The number of rotatable bonds is 2. The van der Waals surface area contributed by atoms with Gasteiger partial charge in [0, 0.05) is 5.25 Å². The lowest BCUT2D eigenvalue weighted by atomic mass is 9.69. The Kier molecular flexibility index (Phi) is 4.38. The van der Waals surface area contributed by atoms with Crippen LogP contribution in [0.4, 0.5) is 18.9 Å². The van der Waals surface area contributed by atoms with E-state index in [-0.39, 0.29) is 39.5 Å². The zero-order chi connectivity index (χ0) is 24.2. The van der Waals surface area contributed by atoms with Gasteiger partial charge in [0.2, 0.25) is 11.8 Å². The number of alkyl halides is 3. The summed E-state index contributed by atoms with van der Waals surface area (Å²) < 4.78 is 45.7. The molecule has 1 saturated heterocycles. The molecule has 7 rings (SSSR count). The van der Waals surface area contributed by atoms with Crippen molar-refractivity contribution in [3.05, 3.63) is 68.5 Å². The number of hydrogen-bond acceptors (Lipinski definition) is 6. The lowest BCUT2D eigenvalue weighted by Gasteiger charge is -2.42. The largest absolute Gasteiger partial charge is 0.469 e. The highest BCUT2D eigenvalue weighted by Gasteiger charge is 2.70. The molecule has 4 aliphatic rings. The smallest absolute Gasteiger partial charge is 0.416 e. The minimum atomic E-state index is -4.58. The number of anilines is 1. The number of aromatic nitrogens is 1. The lowest BCUT2D eigenvalue weighted by molar-refractivity contribution is -0.137. The van der Waals surface area contributed by atoms with E-state index in [1.54, 1.807) is 24.1 Å². The number of carbonyl (C=O) groups excluding carboxylic acids is 2. The third kappa shape index (κ3) is 2.88. The number of thioether (sulfide) groups is 1. The van der Waals surface area contributed by atoms with Crippen LogP contribution in [0.2, 0.25) is 0 Å². The van der Waals surface area contributed by atoms with Crippen LogP contribution in [-0.2, 0) is 15.8 Å². The molecule has 2 aromatic heterocycles. The average Bonchev–Trinajstić information content (AvgIpc) is 3.61. The number of fused-ring (bicyclic) bond motifs is 9. The minimum Gasteiger partial charge on any atom is -0.469 e. The van der Waals surface area contributed by atoms with Crippen molar-refractivity contribution in [2.24, 2.45) is 29.6 Å². The number of halogens is 3. The Morgan fingerprint density at radius 2 is 1.80 bits per heavy atom. The Labute approximate surface area is 204 Å².